The van der Waals surface area contributed by atoms with Gasteiger partial charge in [0.05, 0.1) is 6.61 Å². The number of nitrogens with two attached hydrogens (primary N) is 1. The molecule has 2 amide bonds. The van der Waals surface area contributed by atoms with Gasteiger partial charge in [-0.1, -0.05) is 12.1 Å². The Hall–Kier alpha value is -3.35. The summed E-state index contributed by atoms with van der Waals surface area (Å²) >= 11 is 0. The van der Waals surface area contributed by atoms with Gasteiger partial charge in [-0.3, -0.25) is 9.59 Å². The third-order valence-electron chi connectivity index (χ3n) is 3.50. The van der Waals surface area contributed by atoms with E-state index < -0.39 is 23.9 Å². The molecule has 0 spiro atoms. The van der Waals surface area contributed by atoms with E-state index in [0.29, 0.717) is 23.6 Å². The Balaban J connectivity index is 2.00. The topological polar surface area (TPSA) is 108 Å². The molecule has 0 saturated heterocycles. The molecule has 0 aliphatic rings. The van der Waals surface area contributed by atoms with Crippen molar-refractivity contribution in [1.29, 1.82) is 0 Å². The van der Waals surface area contributed by atoms with Gasteiger partial charge in [-0.15, -0.1) is 0 Å². The first-order valence-corrected chi connectivity index (χ1v) is 8.06. The van der Waals surface area contributed by atoms with Gasteiger partial charge in [-0.2, -0.15) is 0 Å². The Kier molecular flexibility index (Phi) is 6.32. The average molecular weight is 356 g/mol. The van der Waals surface area contributed by atoms with Crippen molar-refractivity contribution in [2.24, 2.45) is 5.73 Å². The fourth-order valence-corrected chi connectivity index (χ4v) is 2.16. The number of hydrogen-bond donors (Lipinski definition) is 2. The Morgan fingerprint density at radius 1 is 1.08 bits per heavy atom. The number of carbonyl (C=O) groups excluding carboxylic acids is 3. The summed E-state index contributed by atoms with van der Waals surface area (Å²) in [5, 5.41) is 2.60. The van der Waals surface area contributed by atoms with E-state index in [0.717, 1.165) is 0 Å². The molecule has 2 rings (SSSR count). The van der Waals surface area contributed by atoms with E-state index in [1.54, 1.807) is 24.3 Å². The molecule has 136 valence electrons. The molecule has 0 unspecified atom stereocenters. The number of benzene rings is 2. The summed E-state index contributed by atoms with van der Waals surface area (Å²) in [5.41, 5.74) is 6.20. The zero-order chi connectivity index (χ0) is 19.1. The monoisotopic (exact) mass is 356 g/mol. The average Bonchev–Trinajstić information content (AvgIpc) is 2.62. The Morgan fingerprint density at radius 3 is 2.35 bits per heavy atom. The van der Waals surface area contributed by atoms with Crippen molar-refractivity contribution >= 4 is 23.5 Å². The van der Waals surface area contributed by atoms with Crippen molar-refractivity contribution in [3.8, 4) is 5.75 Å². The zero-order valence-electron chi connectivity index (χ0n) is 14.5. The minimum absolute atomic E-state index is 0.250. The fraction of sp³-hybridized carbons (Fsp3) is 0.211. The van der Waals surface area contributed by atoms with Crippen LogP contribution in [0.1, 0.15) is 34.6 Å². The van der Waals surface area contributed by atoms with Gasteiger partial charge in [0.1, 0.15) is 11.3 Å². The van der Waals surface area contributed by atoms with Crippen LogP contribution in [0, 0.1) is 0 Å². The van der Waals surface area contributed by atoms with Crippen LogP contribution < -0.4 is 15.8 Å². The lowest BCUT2D eigenvalue weighted by molar-refractivity contribution is -0.123. The molecular weight excluding hydrogens is 336 g/mol. The standard InChI is InChI=1S/C19H20N2O5/c1-3-25-16-7-5-4-6-15(16)19(24)26-12(2)18(23)21-14-10-8-13(9-11-14)17(20)22/h4-12H,3H2,1-2H3,(H2,20,22)(H,21,23)/t12-/m1/s1. The maximum atomic E-state index is 12.3. The second-order valence-electron chi connectivity index (χ2n) is 5.41. The summed E-state index contributed by atoms with van der Waals surface area (Å²) in [6.45, 7) is 3.68. The molecule has 3 N–H and O–H groups in total. The molecule has 0 aliphatic carbocycles. The van der Waals surface area contributed by atoms with E-state index in [1.165, 1.54) is 31.2 Å². The third kappa shape index (κ3) is 4.83. The SMILES string of the molecule is CCOc1ccccc1C(=O)O[C@H](C)C(=O)Nc1ccc(C(N)=O)cc1. The second-order valence-corrected chi connectivity index (χ2v) is 5.41. The van der Waals surface area contributed by atoms with Crippen molar-refractivity contribution in [1.82, 2.24) is 0 Å². The molecular formula is C19H20N2O5. The fourth-order valence-electron chi connectivity index (χ4n) is 2.16. The highest BCUT2D eigenvalue weighted by Gasteiger charge is 2.21. The summed E-state index contributed by atoms with van der Waals surface area (Å²) in [6, 6.07) is 12.7. The number of ether oxygens (including phenoxy) is 2. The molecule has 7 nitrogen and oxygen atoms in total. The van der Waals surface area contributed by atoms with Gasteiger partial charge in [-0.25, -0.2) is 4.79 Å². The highest BCUT2D eigenvalue weighted by atomic mass is 16.5. The second kappa shape index (κ2) is 8.66. The van der Waals surface area contributed by atoms with E-state index in [-0.39, 0.29) is 5.56 Å². The van der Waals surface area contributed by atoms with Crippen LogP contribution in [0.2, 0.25) is 0 Å². The molecule has 0 aliphatic heterocycles. The maximum Gasteiger partial charge on any atom is 0.342 e. The third-order valence-corrected chi connectivity index (χ3v) is 3.50. The number of anilines is 1. The molecule has 0 heterocycles. The number of esters is 1. The summed E-state index contributed by atoms with van der Waals surface area (Å²) in [7, 11) is 0. The lowest BCUT2D eigenvalue weighted by Gasteiger charge is -2.15. The maximum absolute atomic E-state index is 12.3. The molecule has 1 atom stereocenters. The first kappa shape index (κ1) is 19.0. The van der Waals surface area contributed by atoms with E-state index in [2.05, 4.69) is 5.32 Å². The summed E-state index contributed by atoms with van der Waals surface area (Å²) in [6.07, 6.45) is -1.02. The summed E-state index contributed by atoms with van der Waals surface area (Å²) < 4.78 is 10.6. The molecule has 2 aromatic carbocycles. The van der Waals surface area contributed by atoms with Crippen LogP contribution in [0.5, 0.6) is 5.75 Å². The number of para-hydroxylation sites is 1. The first-order valence-electron chi connectivity index (χ1n) is 8.06. The van der Waals surface area contributed by atoms with Crippen LogP contribution >= 0.6 is 0 Å². The quantitative estimate of drug-likeness (QED) is 0.741. The van der Waals surface area contributed by atoms with E-state index in [4.69, 9.17) is 15.2 Å². The zero-order valence-corrected chi connectivity index (χ0v) is 14.5. The van der Waals surface area contributed by atoms with Gasteiger partial charge < -0.3 is 20.5 Å². The van der Waals surface area contributed by atoms with Crippen LogP contribution in [-0.2, 0) is 9.53 Å². The summed E-state index contributed by atoms with van der Waals surface area (Å²) in [4.78, 5) is 35.5. The van der Waals surface area contributed by atoms with Gasteiger partial charge in [-0.05, 0) is 50.2 Å². The smallest absolute Gasteiger partial charge is 0.342 e. The van der Waals surface area contributed by atoms with Crippen molar-refractivity contribution in [2.75, 3.05) is 11.9 Å². The predicted octanol–water partition coefficient (Wildman–Crippen LogP) is 2.37. The number of amides is 2. The molecule has 7 heteroatoms. The van der Waals surface area contributed by atoms with E-state index in [9.17, 15) is 14.4 Å². The predicted molar refractivity (Wildman–Crippen MR) is 96.1 cm³/mol. The van der Waals surface area contributed by atoms with Crippen LogP contribution in [-0.4, -0.2) is 30.5 Å². The number of primary amides is 1. The minimum Gasteiger partial charge on any atom is -0.493 e. The number of carbonyl (C=O) groups is 3. The highest BCUT2D eigenvalue weighted by Crippen LogP contribution is 2.20. The van der Waals surface area contributed by atoms with Crippen molar-refractivity contribution in [3.05, 3.63) is 59.7 Å². The highest BCUT2D eigenvalue weighted by molar-refractivity contribution is 5.99. The van der Waals surface area contributed by atoms with E-state index >= 15 is 0 Å². The van der Waals surface area contributed by atoms with Gasteiger partial charge in [0, 0.05) is 11.3 Å². The van der Waals surface area contributed by atoms with Crippen LogP contribution in [0.15, 0.2) is 48.5 Å². The Labute approximate surface area is 151 Å². The van der Waals surface area contributed by atoms with Gasteiger partial charge in [0.15, 0.2) is 6.10 Å². The Morgan fingerprint density at radius 2 is 1.73 bits per heavy atom. The van der Waals surface area contributed by atoms with Crippen LogP contribution in [0.4, 0.5) is 5.69 Å². The van der Waals surface area contributed by atoms with Gasteiger partial charge >= 0.3 is 5.97 Å². The minimum atomic E-state index is -1.02. The van der Waals surface area contributed by atoms with Gasteiger partial charge in [0.25, 0.3) is 5.91 Å². The molecule has 26 heavy (non-hydrogen) atoms. The molecule has 0 aromatic heterocycles. The molecule has 2 aromatic rings. The summed E-state index contributed by atoms with van der Waals surface area (Å²) in [5.74, 6) is -1.31. The number of nitrogens with one attached hydrogen (secondary N) is 1. The normalized spacial score (nSPS) is 11.3. The first-order chi connectivity index (χ1) is 12.4. The molecule has 0 bridgehead atoms. The van der Waals surface area contributed by atoms with Crippen LogP contribution in [0.25, 0.3) is 0 Å². The Bertz CT molecular complexity index is 802. The lowest BCUT2D eigenvalue weighted by Crippen LogP contribution is -2.30. The largest absolute Gasteiger partial charge is 0.493 e. The molecule has 0 fully saturated rings. The molecule has 0 radical (unpaired) electrons. The lowest BCUT2D eigenvalue weighted by atomic mass is 10.2. The van der Waals surface area contributed by atoms with Crippen molar-refractivity contribution in [2.45, 2.75) is 20.0 Å². The van der Waals surface area contributed by atoms with Crippen molar-refractivity contribution < 1.29 is 23.9 Å². The van der Waals surface area contributed by atoms with Gasteiger partial charge in [0.2, 0.25) is 5.91 Å². The van der Waals surface area contributed by atoms with Crippen molar-refractivity contribution in [3.63, 3.8) is 0 Å². The van der Waals surface area contributed by atoms with E-state index in [1.807, 2.05) is 6.92 Å². The number of rotatable bonds is 7. The molecule has 0 saturated carbocycles. The van der Waals surface area contributed by atoms with Crippen LogP contribution in [0.3, 0.4) is 0 Å². The number of hydrogen-bond acceptors (Lipinski definition) is 5.